The number of ketones is 1. The number of anilines is 2. The molecule has 30 heteroatoms. The maximum atomic E-state index is 13.8. The second kappa shape index (κ2) is 21.6. The second-order valence-corrected chi connectivity index (χ2v) is 22.9. The number of carbonyl (C=O) groups is 2. The van der Waals surface area contributed by atoms with Crippen LogP contribution in [-0.2, 0) is 43.0 Å². The minimum atomic E-state index is -4.86. The van der Waals surface area contributed by atoms with Gasteiger partial charge in [-0.3, -0.25) is 38.9 Å². The Morgan fingerprint density at radius 3 is 1.78 bits per heavy atom. The van der Waals surface area contributed by atoms with E-state index in [4.69, 9.17) is 31.2 Å². The number of amides is 1. The Morgan fingerprint density at radius 2 is 1.28 bits per heavy atom. The molecule has 0 radical (unpaired) electrons. The standard InChI is InChI=1S/C42H40BrClN6O18P2S2/c43-21-27-23-47(37-19-35(49(53)54)33-17-29(5-7-31(33)41(27)37)71(63,64)45-11-14-67-69(57,58)59)13-10-39(51)26-3-1-2-25(16-26)4-9-40(52)48-24-28(22-44)42-32-8-6-30(18-34(32)36(50(55)56)20-38(42)48)72(65,66)46-12-15-68-70(60,61)62/h1-10,13,16-20,27-28,45-46H,11-12,14-15,21-24H2,(H2,57,58,59)(H2,60,61,62). The van der Waals surface area contributed by atoms with Crippen LogP contribution in [0, 0.1) is 20.2 Å². The SMILES string of the molecule is O=C(C=CN1CC(CBr)c2c1cc([N+](=O)[O-])c1cc(S(=O)(=O)NCCOP(=O)(O)O)ccc21)c1cccc(C=CC(=O)N2CC(CCl)c3c2cc([N+](=O)[O-])c2cc(S(=O)(=O)NCCOP(=O)(O)O)ccc32)c1. The van der Waals surface area contributed by atoms with Crippen molar-refractivity contribution < 1.29 is 74.0 Å². The number of alkyl halides is 2. The third-order valence-corrected chi connectivity index (χ3v) is 16.5. The molecule has 0 saturated heterocycles. The number of halogens is 2. The van der Waals surface area contributed by atoms with Gasteiger partial charge in [-0.15, -0.1) is 11.6 Å². The van der Waals surface area contributed by atoms with E-state index in [0.29, 0.717) is 33.1 Å². The zero-order valence-electron chi connectivity index (χ0n) is 36.8. The van der Waals surface area contributed by atoms with Crippen molar-refractivity contribution in [2.45, 2.75) is 21.6 Å². The molecule has 0 fully saturated rings. The Morgan fingerprint density at radius 1 is 0.750 bits per heavy atom. The number of phosphoric ester groups is 2. The highest BCUT2D eigenvalue weighted by Crippen LogP contribution is 2.48. The number of allylic oxidation sites excluding steroid dienone is 1. The van der Waals surface area contributed by atoms with Crippen LogP contribution < -0.4 is 19.2 Å². The van der Waals surface area contributed by atoms with Crippen molar-refractivity contribution in [1.82, 2.24) is 9.44 Å². The summed E-state index contributed by atoms with van der Waals surface area (Å²) in [6.45, 7) is -2.04. The third-order valence-electron chi connectivity index (χ3n) is 11.4. The van der Waals surface area contributed by atoms with Crippen molar-refractivity contribution in [1.29, 1.82) is 0 Å². The average molecular weight is 1160 g/mol. The average Bonchev–Trinajstić information content (AvgIpc) is 3.89. The van der Waals surface area contributed by atoms with Gasteiger partial charge in [0, 0.05) is 85.3 Å². The van der Waals surface area contributed by atoms with Crippen LogP contribution in [0.3, 0.4) is 0 Å². The molecule has 0 aromatic heterocycles. The largest absolute Gasteiger partial charge is 0.469 e. The number of nitro groups is 2. The fraction of sp³-hybridized carbons (Fsp3) is 0.238. The van der Waals surface area contributed by atoms with Gasteiger partial charge in [-0.1, -0.05) is 46.3 Å². The molecule has 1 amide bonds. The van der Waals surface area contributed by atoms with Crippen molar-refractivity contribution in [2.75, 3.05) is 60.4 Å². The van der Waals surface area contributed by atoms with Gasteiger partial charge in [-0.25, -0.2) is 35.4 Å². The first kappa shape index (κ1) is 54.4. The molecule has 2 unspecified atom stereocenters. The van der Waals surface area contributed by atoms with E-state index in [9.17, 15) is 55.8 Å². The van der Waals surface area contributed by atoms with Crippen LogP contribution in [0.1, 0.15) is 38.9 Å². The van der Waals surface area contributed by atoms with E-state index < -0.39 is 101 Å². The first-order valence-electron chi connectivity index (χ1n) is 20.9. The van der Waals surface area contributed by atoms with Gasteiger partial charge in [-0.2, -0.15) is 0 Å². The number of sulfonamides is 2. The Labute approximate surface area is 422 Å². The number of fused-ring (bicyclic) bond motifs is 6. The lowest BCUT2D eigenvalue weighted by molar-refractivity contribution is -0.383. The van der Waals surface area contributed by atoms with E-state index in [1.54, 1.807) is 17.0 Å². The van der Waals surface area contributed by atoms with E-state index in [1.807, 2.05) is 0 Å². The topological polar surface area (TPSA) is 353 Å². The predicted octanol–water partition coefficient (Wildman–Crippen LogP) is 5.66. The lowest BCUT2D eigenvalue weighted by Gasteiger charge is -2.16. The van der Waals surface area contributed by atoms with Crippen LogP contribution in [0.2, 0.25) is 0 Å². The Balaban J connectivity index is 1.10. The number of nitro benzene ring substituents is 2. The molecular formula is C42H40BrClN6O18P2S2. The summed E-state index contributed by atoms with van der Waals surface area (Å²) in [7, 11) is -18.4. The van der Waals surface area contributed by atoms with Crippen molar-refractivity contribution >= 4 is 125 Å². The lowest BCUT2D eigenvalue weighted by atomic mass is 9.95. The second-order valence-electron chi connectivity index (χ2n) is 16.0. The van der Waals surface area contributed by atoms with E-state index in [0.717, 1.165) is 18.2 Å². The zero-order valence-corrected chi connectivity index (χ0v) is 42.6. The van der Waals surface area contributed by atoms with Gasteiger partial charge in [0.05, 0.1) is 55.0 Å². The molecule has 0 saturated carbocycles. The Bertz CT molecular complexity index is 3450. The molecular weight excluding hydrogens is 1120 g/mol. The first-order valence-corrected chi connectivity index (χ1v) is 28.6. The molecule has 2 atom stereocenters. The van der Waals surface area contributed by atoms with Crippen molar-refractivity contribution in [3.63, 3.8) is 0 Å². The van der Waals surface area contributed by atoms with Crippen LogP contribution in [0.25, 0.3) is 27.6 Å². The van der Waals surface area contributed by atoms with Gasteiger partial charge >= 0.3 is 15.6 Å². The van der Waals surface area contributed by atoms with E-state index in [2.05, 4.69) is 34.4 Å². The summed E-state index contributed by atoms with van der Waals surface area (Å²) < 4.78 is 86.8. The number of hydrogen-bond donors (Lipinski definition) is 6. The number of nitrogens with zero attached hydrogens (tertiary/aromatic N) is 4. The van der Waals surface area contributed by atoms with Crippen molar-refractivity contribution in [2.24, 2.45) is 0 Å². The van der Waals surface area contributed by atoms with Crippen LogP contribution in [0.15, 0.2) is 101 Å². The molecule has 7 rings (SSSR count). The number of benzene rings is 5. The van der Waals surface area contributed by atoms with Crippen LogP contribution in [-0.4, -0.2) is 109 Å². The summed E-state index contributed by atoms with van der Waals surface area (Å²) in [6, 6.07) is 16.1. The number of non-ortho nitro benzene ring substituents is 2. The molecule has 6 N–H and O–H groups in total. The summed E-state index contributed by atoms with van der Waals surface area (Å²) in [4.78, 5) is 88.5. The Hall–Kier alpha value is -5.35. The minimum absolute atomic E-state index is 0.0136. The fourth-order valence-electron chi connectivity index (χ4n) is 8.34. The molecule has 0 aliphatic carbocycles. The highest BCUT2D eigenvalue weighted by molar-refractivity contribution is 9.09. The van der Waals surface area contributed by atoms with Crippen LogP contribution in [0.4, 0.5) is 22.7 Å². The highest BCUT2D eigenvalue weighted by atomic mass is 79.9. The maximum absolute atomic E-state index is 13.8. The summed E-state index contributed by atoms with van der Waals surface area (Å²) in [6.07, 6.45) is 5.40. The van der Waals surface area contributed by atoms with Crippen LogP contribution >= 0.6 is 43.2 Å². The summed E-state index contributed by atoms with van der Waals surface area (Å²) in [5, 5.41) is 25.8. The number of nitrogens with one attached hydrogen (secondary N) is 2. The van der Waals surface area contributed by atoms with Gasteiger partial charge in [0.2, 0.25) is 20.0 Å². The molecule has 2 aliphatic heterocycles. The first-order chi connectivity index (χ1) is 33.8. The molecule has 5 aromatic rings. The zero-order chi connectivity index (χ0) is 52.5. The number of phosphoric acid groups is 2. The Kier molecular flexibility index (Phi) is 16.3. The molecule has 0 bridgehead atoms. The summed E-state index contributed by atoms with van der Waals surface area (Å²) in [5.74, 6) is -1.88. The monoisotopic (exact) mass is 1160 g/mol. The lowest BCUT2D eigenvalue weighted by Crippen LogP contribution is -2.28. The summed E-state index contributed by atoms with van der Waals surface area (Å²) >= 11 is 9.85. The highest BCUT2D eigenvalue weighted by Gasteiger charge is 2.37. The molecule has 72 heavy (non-hydrogen) atoms. The van der Waals surface area contributed by atoms with E-state index in [-0.39, 0.29) is 62.1 Å². The van der Waals surface area contributed by atoms with Crippen molar-refractivity contribution in [3.05, 3.63) is 134 Å². The van der Waals surface area contributed by atoms with Gasteiger partial charge in [0.15, 0.2) is 5.78 Å². The maximum Gasteiger partial charge on any atom is 0.469 e. The van der Waals surface area contributed by atoms with E-state index in [1.165, 1.54) is 71.8 Å². The van der Waals surface area contributed by atoms with Gasteiger partial charge in [0.25, 0.3) is 17.3 Å². The van der Waals surface area contributed by atoms with Gasteiger partial charge in [0.1, 0.15) is 0 Å². The third kappa shape index (κ3) is 12.2. The number of rotatable bonds is 21. The van der Waals surface area contributed by atoms with Gasteiger partial charge in [-0.05, 0) is 63.9 Å². The quantitative estimate of drug-likeness (QED) is 0.00981. The molecule has 5 aromatic carbocycles. The van der Waals surface area contributed by atoms with Crippen molar-refractivity contribution in [3.8, 4) is 0 Å². The van der Waals surface area contributed by atoms with Crippen LogP contribution in [0.5, 0.6) is 0 Å². The normalized spacial score (nSPS) is 16.3. The molecule has 2 aliphatic rings. The smallest absolute Gasteiger partial charge is 0.347 e. The van der Waals surface area contributed by atoms with Gasteiger partial charge < -0.3 is 29.4 Å². The number of carbonyl (C=O) groups excluding carboxylic acids is 2. The summed E-state index contributed by atoms with van der Waals surface area (Å²) in [5.41, 5.74) is 1.38. The molecule has 2 heterocycles. The predicted molar refractivity (Wildman–Crippen MR) is 266 cm³/mol. The number of hydrogen-bond acceptors (Lipinski definition) is 15. The molecule has 24 nitrogen and oxygen atoms in total. The van der Waals surface area contributed by atoms with E-state index >= 15 is 0 Å². The minimum Gasteiger partial charge on any atom is -0.347 e. The fourth-order valence-corrected chi connectivity index (χ4v) is 11.9. The molecule has 0 spiro atoms. The molecule has 382 valence electrons.